The molecule has 2 fully saturated rings. The average Bonchev–Trinajstić information content (AvgIpc) is 2.66. The molecule has 0 aromatic heterocycles. The monoisotopic (exact) mass is 246 g/mol. The molecule has 2 rings (SSSR count). The van der Waals surface area contributed by atoms with Gasteiger partial charge in [-0.1, -0.05) is 19.1 Å². The van der Waals surface area contributed by atoms with Gasteiger partial charge in [0.15, 0.2) is 0 Å². The second-order valence-corrected chi connectivity index (χ2v) is 5.12. The van der Waals surface area contributed by atoms with Crippen molar-refractivity contribution in [1.29, 1.82) is 5.41 Å². The Hall–Kier alpha value is -1.51. The summed E-state index contributed by atoms with van der Waals surface area (Å²) in [6.45, 7) is 7.72. The Bertz CT molecular complexity index is 420. The van der Waals surface area contributed by atoms with E-state index in [4.69, 9.17) is 10.1 Å². The van der Waals surface area contributed by atoms with Crippen molar-refractivity contribution in [2.75, 3.05) is 0 Å². The largest absolute Gasteiger partial charge is 0.488 e. The molecular weight excluding hydrogens is 224 g/mol. The van der Waals surface area contributed by atoms with E-state index in [-0.39, 0.29) is 6.10 Å². The summed E-state index contributed by atoms with van der Waals surface area (Å²) in [6, 6.07) is 0. The summed E-state index contributed by atoms with van der Waals surface area (Å²) in [7, 11) is 0. The van der Waals surface area contributed by atoms with Gasteiger partial charge in [0.2, 0.25) is 0 Å². The van der Waals surface area contributed by atoms with Gasteiger partial charge in [-0.05, 0) is 33.1 Å². The summed E-state index contributed by atoms with van der Waals surface area (Å²) in [5, 5.41) is 11.4. The zero-order valence-corrected chi connectivity index (χ0v) is 11.3. The summed E-state index contributed by atoms with van der Waals surface area (Å²) in [6.07, 6.45) is 8.77. The summed E-state index contributed by atoms with van der Waals surface area (Å²) < 4.78 is 5.92. The number of fused-ring (bicyclic) bond motifs is 1. The molecule has 2 atom stereocenters. The number of nitrogens with one attached hydrogen (secondary N) is 2. The molecule has 1 heterocycles. The highest BCUT2D eigenvalue weighted by atomic mass is 16.5. The van der Waals surface area contributed by atoms with E-state index in [0.29, 0.717) is 11.6 Å². The van der Waals surface area contributed by atoms with Gasteiger partial charge in [-0.3, -0.25) is 0 Å². The average molecular weight is 246 g/mol. The van der Waals surface area contributed by atoms with Crippen LogP contribution in [0.5, 0.6) is 0 Å². The molecule has 0 spiro atoms. The Kier molecular flexibility index (Phi) is 3.90. The van der Waals surface area contributed by atoms with Crippen LogP contribution >= 0.6 is 0 Å². The van der Waals surface area contributed by atoms with Crippen molar-refractivity contribution >= 4 is 5.71 Å². The first-order chi connectivity index (χ1) is 8.61. The van der Waals surface area contributed by atoms with Gasteiger partial charge in [-0.15, -0.1) is 0 Å². The van der Waals surface area contributed by atoms with E-state index < -0.39 is 0 Å². The second kappa shape index (κ2) is 5.42. The fourth-order valence-electron chi connectivity index (χ4n) is 2.67. The van der Waals surface area contributed by atoms with E-state index in [9.17, 15) is 0 Å². The van der Waals surface area contributed by atoms with Gasteiger partial charge in [-0.25, -0.2) is 0 Å². The van der Waals surface area contributed by atoms with Crippen LogP contribution in [-0.4, -0.2) is 11.8 Å². The van der Waals surface area contributed by atoms with E-state index in [1.807, 2.05) is 26.0 Å². The predicted octanol–water partition coefficient (Wildman–Crippen LogP) is 3.51. The fraction of sp³-hybridized carbons (Fsp3) is 0.533. The third-order valence-corrected chi connectivity index (χ3v) is 3.57. The van der Waals surface area contributed by atoms with Gasteiger partial charge >= 0.3 is 0 Å². The highest BCUT2D eigenvalue weighted by molar-refractivity contribution is 6.00. The van der Waals surface area contributed by atoms with Crippen molar-refractivity contribution in [3.05, 3.63) is 35.9 Å². The molecule has 0 aromatic carbocycles. The predicted molar refractivity (Wildman–Crippen MR) is 74.3 cm³/mol. The molecule has 2 aliphatic rings. The quantitative estimate of drug-likeness (QED) is 0.800. The molecule has 0 radical (unpaired) electrons. The lowest BCUT2D eigenvalue weighted by molar-refractivity contribution is 0.0995. The number of rotatable bonds is 3. The van der Waals surface area contributed by atoms with Crippen molar-refractivity contribution in [1.82, 2.24) is 5.32 Å². The SMILES string of the molecule is C=C(C)NC(=C\C)/C=C1\OC2CCCCC2C1=N. The molecule has 0 bridgehead atoms. The number of ether oxygens (including phenoxy) is 1. The Morgan fingerprint density at radius 2 is 2.17 bits per heavy atom. The molecule has 1 aliphatic heterocycles. The van der Waals surface area contributed by atoms with E-state index in [0.717, 1.165) is 30.0 Å². The minimum absolute atomic E-state index is 0.237. The van der Waals surface area contributed by atoms with Crippen LogP contribution in [-0.2, 0) is 4.74 Å². The molecule has 2 N–H and O–H groups in total. The third kappa shape index (κ3) is 2.66. The minimum Gasteiger partial charge on any atom is -0.488 e. The van der Waals surface area contributed by atoms with Crippen molar-refractivity contribution in [3.63, 3.8) is 0 Å². The topological polar surface area (TPSA) is 45.1 Å². The smallest absolute Gasteiger partial charge is 0.142 e. The fourth-order valence-corrected chi connectivity index (χ4v) is 2.67. The summed E-state index contributed by atoms with van der Waals surface area (Å²) >= 11 is 0. The first-order valence-electron chi connectivity index (χ1n) is 6.68. The van der Waals surface area contributed by atoms with Crippen molar-refractivity contribution in [2.24, 2.45) is 5.92 Å². The van der Waals surface area contributed by atoms with Crippen LogP contribution in [0.25, 0.3) is 0 Å². The Labute approximate surface area is 109 Å². The van der Waals surface area contributed by atoms with Crippen LogP contribution in [0.3, 0.4) is 0 Å². The molecule has 3 heteroatoms. The molecule has 0 amide bonds. The highest BCUT2D eigenvalue weighted by Gasteiger charge is 2.38. The van der Waals surface area contributed by atoms with Gasteiger partial charge in [-0.2, -0.15) is 0 Å². The van der Waals surface area contributed by atoms with Crippen LogP contribution in [0, 0.1) is 11.3 Å². The summed E-state index contributed by atoms with van der Waals surface area (Å²) in [5.41, 5.74) is 2.50. The first kappa shape index (κ1) is 12.9. The van der Waals surface area contributed by atoms with E-state index >= 15 is 0 Å². The zero-order valence-electron chi connectivity index (χ0n) is 11.3. The number of hydrogen-bond donors (Lipinski definition) is 2. The molecule has 3 nitrogen and oxygen atoms in total. The van der Waals surface area contributed by atoms with Gasteiger partial charge in [0.1, 0.15) is 11.9 Å². The van der Waals surface area contributed by atoms with Gasteiger partial charge < -0.3 is 15.5 Å². The molecule has 2 unspecified atom stereocenters. The maximum absolute atomic E-state index is 8.21. The molecule has 0 aromatic rings. The first-order valence-corrected chi connectivity index (χ1v) is 6.68. The maximum atomic E-state index is 8.21. The number of hydrogen-bond acceptors (Lipinski definition) is 3. The molecule has 1 aliphatic carbocycles. The highest BCUT2D eigenvalue weighted by Crippen LogP contribution is 2.37. The van der Waals surface area contributed by atoms with Crippen molar-refractivity contribution in [3.8, 4) is 0 Å². The van der Waals surface area contributed by atoms with E-state index in [1.165, 1.54) is 12.8 Å². The lowest BCUT2D eigenvalue weighted by Crippen LogP contribution is -2.23. The normalized spacial score (nSPS) is 30.0. The van der Waals surface area contributed by atoms with Crippen molar-refractivity contribution in [2.45, 2.75) is 45.6 Å². The van der Waals surface area contributed by atoms with Gasteiger partial charge in [0.05, 0.1) is 5.71 Å². The van der Waals surface area contributed by atoms with Crippen LogP contribution in [0.2, 0.25) is 0 Å². The minimum atomic E-state index is 0.237. The van der Waals surface area contributed by atoms with Crippen LogP contribution < -0.4 is 5.32 Å². The molecule has 1 saturated heterocycles. The Balaban J connectivity index is 2.13. The van der Waals surface area contributed by atoms with Gasteiger partial charge in [0.25, 0.3) is 0 Å². The maximum Gasteiger partial charge on any atom is 0.142 e. The van der Waals surface area contributed by atoms with E-state index in [1.54, 1.807) is 0 Å². The standard InChI is InChI=1S/C15H22N2O/c1-4-11(17-10(2)3)9-14-15(16)12-7-5-6-8-13(12)18-14/h4,9,12-13,16-17H,2,5-8H2,1,3H3/b11-4-,14-9-,16-15?. The van der Waals surface area contributed by atoms with E-state index in [2.05, 4.69) is 11.9 Å². The van der Waals surface area contributed by atoms with Crippen LogP contribution in [0.4, 0.5) is 0 Å². The van der Waals surface area contributed by atoms with Crippen LogP contribution in [0.1, 0.15) is 39.5 Å². The zero-order chi connectivity index (χ0) is 13.1. The lowest BCUT2D eigenvalue weighted by Gasteiger charge is -2.22. The Morgan fingerprint density at radius 1 is 1.44 bits per heavy atom. The molecule has 18 heavy (non-hydrogen) atoms. The molecule has 98 valence electrons. The summed E-state index contributed by atoms with van der Waals surface area (Å²) in [4.78, 5) is 0. The third-order valence-electron chi connectivity index (χ3n) is 3.57. The van der Waals surface area contributed by atoms with Crippen molar-refractivity contribution < 1.29 is 4.74 Å². The Morgan fingerprint density at radius 3 is 2.78 bits per heavy atom. The van der Waals surface area contributed by atoms with Crippen LogP contribution in [0.15, 0.2) is 35.9 Å². The molecular formula is C15H22N2O. The molecule has 1 saturated carbocycles. The second-order valence-electron chi connectivity index (χ2n) is 5.12. The van der Waals surface area contributed by atoms with Gasteiger partial charge in [0, 0.05) is 23.4 Å². The summed E-state index contributed by atoms with van der Waals surface area (Å²) in [5.74, 6) is 1.04. The lowest BCUT2D eigenvalue weighted by atomic mass is 9.85. The number of allylic oxidation sites excluding steroid dienone is 4.